The van der Waals surface area contributed by atoms with Gasteiger partial charge in [0.15, 0.2) is 12.9 Å². The number of anilines is 1. The SMILES string of the molecule is COc1ccc(NC(=O)COC(=O)CCn2cc(C=O)c(-c3ccc(F)cc3)n2)cc1. The van der Waals surface area contributed by atoms with Crippen LogP contribution in [0.4, 0.5) is 10.1 Å². The molecule has 1 amide bonds. The molecule has 0 atom stereocenters. The van der Waals surface area contributed by atoms with Crippen LogP contribution >= 0.6 is 0 Å². The lowest BCUT2D eigenvalue weighted by atomic mass is 10.1. The second-order valence-electron chi connectivity index (χ2n) is 6.51. The molecule has 31 heavy (non-hydrogen) atoms. The predicted molar refractivity (Wildman–Crippen MR) is 110 cm³/mol. The van der Waals surface area contributed by atoms with Gasteiger partial charge in [-0.15, -0.1) is 0 Å². The largest absolute Gasteiger partial charge is 0.497 e. The fourth-order valence-electron chi connectivity index (χ4n) is 2.77. The van der Waals surface area contributed by atoms with Crippen molar-refractivity contribution < 1.29 is 28.2 Å². The van der Waals surface area contributed by atoms with E-state index in [4.69, 9.17) is 9.47 Å². The summed E-state index contributed by atoms with van der Waals surface area (Å²) in [6.45, 7) is -0.272. The van der Waals surface area contributed by atoms with Gasteiger partial charge >= 0.3 is 5.97 Å². The monoisotopic (exact) mass is 425 g/mol. The number of rotatable bonds is 9. The molecule has 0 aliphatic carbocycles. The van der Waals surface area contributed by atoms with E-state index in [-0.39, 0.29) is 13.0 Å². The molecule has 2 aromatic carbocycles. The molecule has 0 bridgehead atoms. The van der Waals surface area contributed by atoms with Crippen LogP contribution in [-0.4, -0.2) is 41.7 Å². The number of ether oxygens (including phenoxy) is 2. The van der Waals surface area contributed by atoms with Crippen molar-refractivity contribution >= 4 is 23.9 Å². The highest BCUT2D eigenvalue weighted by molar-refractivity contribution is 5.92. The van der Waals surface area contributed by atoms with E-state index in [1.54, 1.807) is 31.4 Å². The second kappa shape index (κ2) is 10.1. The van der Waals surface area contributed by atoms with Gasteiger partial charge in [-0.2, -0.15) is 5.10 Å². The van der Waals surface area contributed by atoms with Gasteiger partial charge in [-0.05, 0) is 48.5 Å². The normalized spacial score (nSPS) is 10.4. The zero-order valence-corrected chi connectivity index (χ0v) is 16.7. The first kappa shape index (κ1) is 21.7. The topological polar surface area (TPSA) is 99.5 Å². The number of aryl methyl sites for hydroxylation is 1. The minimum absolute atomic E-state index is 0.0430. The summed E-state index contributed by atoms with van der Waals surface area (Å²) in [6.07, 6.45) is 2.10. The highest BCUT2D eigenvalue weighted by Crippen LogP contribution is 2.21. The molecule has 1 heterocycles. The first-order chi connectivity index (χ1) is 15.0. The number of nitrogens with zero attached hydrogens (tertiary/aromatic N) is 2. The van der Waals surface area contributed by atoms with Crippen LogP contribution in [0.25, 0.3) is 11.3 Å². The molecule has 0 aliphatic heterocycles. The van der Waals surface area contributed by atoms with Gasteiger partial charge in [0.25, 0.3) is 5.91 Å². The van der Waals surface area contributed by atoms with Crippen molar-refractivity contribution in [3.63, 3.8) is 0 Å². The maximum atomic E-state index is 13.1. The maximum Gasteiger partial charge on any atom is 0.308 e. The quantitative estimate of drug-likeness (QED) is 0.418. The number of benzene rings is 2. The molecule has 0 aliphatic rings. The van der Waals surface area contributed by atoms with Crippen molar-refractivity contribution in [2.24, 2.45) is 0 Å². The zero-order chi connectivity index (χ0) is 22.2. The van der Waals surface area contributed by atoms with Crippen LogP contribution in [-0.2, 0) is 20.9 Å². The highest BCUT2D eigenvalue weighted by atomic mass is 19.1. The first-order valence-corrected chi connectivity index (χ1v) is 9.36. The van der Waals surface area contributed by atoms with Crippen LogP contribution < -0.4 is 10.1 Å². The molecule has 3 rings (SSSR count). The Morgan fingerprint density at radius 1 is 1.13 bits per heavy atom. The second-order valence-corrected chi connectivity index (χ2v) is 6.51. The summed E-state index contributed by atoms with van der Waals surface area (Å²) in [5, 5.41) is 6.89. The summed E-state index contributed by atoms with van der Waals surface area (Å²) in [5.74, 6) is -0.797. The van der Waals surface area contributed by atoms with Gasteiger partial charge in [0.05, 0.1) is 25.6 Å². The van der Waals surface area contributed by atoms with Crippen LogP contribution in [0.2, 0.25) is 0 Å². The van der Waals surface area contributed by atoms with E-state index in [2.05, 4.69) is 10.4 Å². The maximum absolute atomic E-state index is 13.1. The van der Waals surface area contributed by atoms with Crippen molar-refractivity contribution in [1.29, 1.82) is 0 Å². The van der Waals surface area contributed by atoms with Crippen LogP contribution in [0, 0.1) is 5.82 Å². The van der Waals surface area contributed by atoms with E-state index in [0.29, 0.717) is 34.5 Å². The Kier molecular flexibility index (Phi) is 7.10. The minimum atomic E-state index is -0.587. The van der Waals surface area contributed by atoms with Crippen LogP contribution in [0.15, 0.2) is 54.7 Å². The number of carbonyl (C=O) groups excluding carboxylic acids is 3. The van der Waals surface area contributed by atoms with E-state index < -0.39 is 24.3 Å². The zero-order valence-electron chi connectivity index (χ0n) is 16.7. The summed E-state index contributed by atoms with van der Waals surface area (Å²) in [7, 11) is 1.54. The number of nitrogens with one attached hydrogen (secondary N) is 1. The Hall–Kier alpha value is -4.01. The Balaban J connectivity index is 1.49. The standard InChI is InChI=1S/C22H20FN3O5/c1-30-19-8-6-18(7-9-19)24-20(28)14-31-21(29)10-11-26-12-16(13-27)22(25-26)15-2-4-17(23)5-3-15/h2-9,12-13H,10-11,14H2,1H3,(H,24,28). The number of halogens is 1. The number of esters is 1. The third-order valence-corrected chi connectivity index (χ3v) is 4.32. The Bertz CT molecular complexity index is 1060. The summed E-state index contributed by atoms with van der Waals surface area (Å²) >= 11 is 0. The summed E-state index contributed by atoms with van der Waals surface area (Å²) in [5.41, 5.74) is 1.84. The highest BCUT2D eigenvalue weighted by Gasteiger charge is 2.13. The number of aldehydes is 1. The number of hydrogen-bond donors (Lipinski definition) is 1. The lowest BCUT2D eigenvalue weighted by Gasteiger charge is -2.07. The van der Waals surface area contributed by atoms with Crippen molar-refractivity contribution in [2.45, 2.75) is 13.0 Å². The molecule has 1 N–H and O–H groups in total. The average molecular weight is 425 g/mol. The number of carbonyl (C=O) groups is 3. The Morgan fingerprint density at radius 2 is 1.84 bits per heavy atom. The van der Waals surface area contributed by atoms with Gasteiger partial charge in [0.2, 0.25) is 0 Å². The van der Waals surface area contributed by atoms with Gasteiger partial charge in [-0.25, -0.2) is 4.39 Å². The predicted octanol–water partition coefficient (Wildman–Crippen LogP) is 3.08. The third-order valence-electron chi connectivity index (χ3n) is 4.32. The lowest BCUT2D eigenvalue weighted by Crippen LogP contribution is -2.21. The number of aromatic nitrogens is 2. The molecule has 8 nitrogen and oxygen atoms in total. The molecule has 0 radical (unpaired) electrons. The van der Waals surface area contributed by atoms with E-state index in [1.165, 1.54) is 35.1 Å². The van der Waals surface area contributed by atoms with E-state index >= 15 is 0 Å². The van der Waals surface area contributed by atoms with Gasteiger partial charge in [-0.1, -0.05) is 0 Å². The number of methoxy groups -OCH3 is 1. The molecule has 0 fully saturated rings. The fraction of sp³-hybridized carbons (Fsp3) is 0.182. The summed E-state index contributed by atoms with van der Waals surface area (Å²) in [6, 6.07) is 12.3. The van der Waals surface area contributed by atoms with Crippen molar-refractivity contribution in [3.8, 4) is 17.0 Å². The van der Waals surface area contributed by atoms with Crippen molar-refractivity contribution in [3.05, 3.63) is 66.1 Å². The molecular weight excluding hydrogens is 405 g/mol. The van der Waals surface area contributed by atoms with Crippen molar-refractivity contribution in [2.75, 3.05) is 19.0 Å². The third kappa shape index (κ3) is 5.99. The molecule has 1 aromatic heterocycles. The van der Waals surface area contributed by atoms with E-state index in [9.17, 15) is 18.8 Å². The van der Waals surface area contributed by atoms with E-state index in [1.807, 2.05) is 0 Å². The van der Waals surface area contributed by atoms with Crippen LogP contribution in [0.5, 0.6) is 5.75 Å². The van der Waals surface area contributed by atoms with Gasteiger partial charge < -0.3 is 14.8 Å². The molecule has 160 valence electrons. The number of amides is 1. The minimum Gasteiger partial charge on any atom is -0.497 e. The fourth-order valence-corrected chi connectivity index (χ4v) is 2.77. The molecular formula is C22H20FN3O5. The van der Waals surface area contributed by atoms with Crippen LogP contribution in [0.3, 0.4) is 0 Å². The van der Waals surface area contributed by atoms with E-state index in [0.717, 1.165) is 0 Å². The smallest absolute Gasteiger partial charge is 0.308 e. The number of hydrogen-bond acceptors (Lipinski definition) is 6. The van der Waals surface area contributed by atoms with Crippen molar-refractivity contribution in [1.82, 2.24) is 9.78 Å². The summed E-state index contributed by atoms with van der Waals surface area (Å²) in [4.78, 5) is 35.2. The Labute approximate surface area is 177 Å². The molecule has 0 spiro atoms. The lowest BCUT2D eigenvalue weighted by molar-refractivity contribution is -0.147. The Morgan fingerprint density at radius 3 is 2.48 bits per heavy atom. The van der Waals surface area contributed by atoms with Crippen LogP contribution in [0.1, 0.15) is 16.8 Å². The molecule has 9 heteroatoms. The van der Waals surface area contributed by atoms with Gasteiger partial charge in [0, 0.05) is 17.4 Å². The molecule has 0 saturated heterocycles. The molecule has 0 unspecified atom stereocenters. The molecule has 0 saturated carbocycles. The molecule has 3 aromatic rings. The van der Waals surface area contributed by atoms with Gasteiger partial charge in [-0.3, -0.25) is 19.1 Å². The van der Waals surface area contributed by atoms with Gasteiger partial charge in [0.1, 0.15) is 17.3 Å². The average Bonchev–Trinajstić information content (AvgIpc) is 3.20. The first-order valence-electron chi connectivity index (χ1n) is 9.36. The summed E-state index contributed by atoms with van der Waals surface area (Å²) < 4.78 is 24.5.